The highest BCUT2D eigenvalue weighted by atomic mass is 16.5. The number of H-pyrrole nitrogens is 1. The highest BCUT2D eigenvalue weighted by molar-refractivity contribution is 6.44. The Morgan fingerprint density at radius 3 is 2.23 bits per heavy atom. The van der Waals surface area contributed by atoms with Gasteiger partial charge in [0.15, 0.2) is 0 Å². The second kappa shape index (κ2) is 8.43. The topological polar surface area (TPSA) is 99.8 Å². The molecule has 1 aliphatic heterocycles. The number of fused-ring (bicyclic) bond motifs is 1. The van der Waals surface area contributed by atoms with E-state index < -0.39 is 17.7 Å². The molecule has 1 aliphatic rings. The molecule has 0 unspecified atom stereocenters. The Hall–Kier alpha value is -3.94. The molecule has 2 heterocycles. The van der Waals surface area contributed by atoms with Gasteiger partial charge in [0, 0.05) is 50.2 Å². The number of hydrogen-bond donors (Lipinski definition) is 1. The van der Waals surface area contributed by atoms with E-state index in [9.17, 15) is 19.2 Å². The first-order valence-electron chi connectivity index (χ1n) is 9.92. The number of para-hydroxylation sites is 2. The van der Waals surface area contributed by atoms with E-state index in [1.54, 1.807) is 41.4 Å². The van der Waals surface area contributed by atoms with Gasteiger partial charge in [-0.15, -0.1) is 0 Å². The molecular formula is C23H21N3O5. The van der Waals surface area contributed by atoms with Crippen LogP contribution in [0.3, 0.4) is 0 Å². The van der Waals surface area contributed by atoms with Crippen LogP contribution in [-0.2, 0) is 9.59 Å². The van der Waals surface area contributed by atoms with Crippen LogP contribution in [0.2, 0.25) is 0 Å². The fourth-order valence-electron chi connectivity index (χ4n) is 3.69. The number of aromatic amines is 1. The summed E-state index contributed by atoms with van der Waals surface area (Å²) in [6.07, 6.45) is 1.55. The van der Waals surface area contributed by atoms with Crippen molar-refractivity contribution in [1.29, 1.82) is 0 Å². The molecule has 4 rings (SSSR count). The Labute approximate surface area is 178 Å². The van der Waals surface area contributed by atoms with Crippen LogP contribution in [0.5, 0.6) is 5.75 Å². The minimum absolute atomic E-state index is 0.202. The van der Waals surface area contributed by atoms with Crippen molar-refractivity contribution < 1.29 is 23.9 Å². The molecule has 1 aromatic heterocycles. The van der Waals surface area contributed by atoms with E-state index in [4.69, 9.17) is 4.74 Å². The third-order valence-corrected chi connectivity index (χ3v) is 5.25. The molecule has 3 aromatic rings. The van der Waals surface area contributed by atoms with Crippen LogP contribution in [0, 0.1) is 0 Å². The van der Waals surface area contributed by atoms with Crippen molar-refractivity contribution in [2.24, 2.45) is 0 Å². The van der Waals surface area contributed by atoms with Crippen LogP contribution in [0.4, 0.5) is 0 Å². The second-order valence-electron chi connectivity index (χ2n) is 7.25. The number of carbonyl (C=O) groups excluding carboxylic acids is 4. The van der Waals surface area contributed by atoms with Crippen molar-refractivity contribution in [2.45, 2.75) is 6.92 Å². The summed E-state index contributed by atoms with van der Waals surface area (Å²) in [5.74, 6) is -1.75. The number of ether oxygens (including phenoxy) is 1. The summed E-state index contributed by atoms with van der Waals surface area (Å²) in [6.45, 7) is 2.32. The molecule has 1 saturated heterocycles. The number of nitrogens with zero attached hydrogens (tertiary/aromatic N) is 2. The van der Waals surface area contributed by atoms with Crippen molar-refractivity contribution in [3.05, 3.63) is 65.9 Å². The Balaban J connectivity index is 1.43. The SMILES string of the molecule is CC(=O)Oc1ccccc1C(=O)N1CCN(C(=O)C(=O)c2c[nH]c3ccccc23)CC1. The molecule has 8 heteroatoms. The maximum Gasteiger partial charge on any atom is 0.308 e. The number of hydrogen-bond acceptors (Lipinski definition) is 5. The van der Waals surface area contributed by atoms with E-state index in [1.807, 2.05) is 18.2 Å². The Morgan fingerprint density at radius 1 is 0.839 bits per heavy atom. The average molecular weight is 419 g/mol. The van der Waals surface area contributed by atoms with E-state index in [-0.39, 0.29) is 43.4 Å². The summed E-state index contributed by atoms with van der Waals surface area (Å²) in [7, 11) is 0. The van der Waals surface area contributed by atoms with Gasteiger partial charge in [-0.3, -0.25) is 19.2 Å². The van der Waals surface area contributed by atoms with E-state index >= 15 is 0 Å². The smallest absolute Gasteiger partial charge is 0.308 e. The summed E-state index contributed by atoms with van der Waals surface area (Å²) in [6, 6.07) is 13.8. The first kappa shape index (κ1) is 20.3. The zero-order valence-corrected chi connectivity index (χ0v) is 17.0. The number of Topliss-reactive ketones (excluding diaryl/α,β-unsaturated/α-hetero) is 1. The molecular weight excluding hydrogens is 398 g/mol. The lowest BCUT2D eigenvalue weighted by Gasteiger charge is -2.34. The molecule has 31 heavy (non-hydrogen) atoms. The summed E-state index contributed by atoms with van der Waals surface area (Å²) in [5.41, 5.74) is 1.42. The lowest BCUT2D eigenvalue weighted by Crippen LogP contribution is -2.52. The molecule has 0 atom stereocenters. The van der Waals surface area contributed by atoms with Crippen LogP contribution in [-0.4, -0.2) is 64.5 Å². The minimum atomic E-state index is -0.586. The Kier molecular flexibility index (Phi) is 5.53. The number of benzene rings is 2. The van der Waals surface area contributed by atoms with Crippen molar-refractivity contribution in [1.82, 2.24) is 14.8 Å². The molecule has 0 saturated carbocycles. The quantitative estimate of drug-likeness (QED) is 0.303. The summed E-state index contributed by atoms with van der Waals surface area (Å²) < 4.78 is 5.13. The van der Waals surface area contributed by atoms with Crippen molar-refractivity contribution >= 4 is 34.5 Å². The number of nitrogens with one attached hydrogen (secondary N) is 1. The molecule has 0 spiro atoms. The molecule has 2 aromatic carbocycles. The highest BCUT2D eigenvalue weighted by Gasteiger charge is 2.30. The number of carbonyl (C=O) groups is 4. The van der Waals surface area contributed by atoms with Gasteiger partial charge in [0.1, 0.15) is 5.75 Å². The third-order valence-electron chi connectivity index (χ3n) is 5.25. The van der Waals surface area contributed by atoms with Crippen molar-refractivity contribution in [3.63, 3.8) is 0 Å². The van der Waals surface area contributed by atoms with Gasteiger partial charge >= 0.3 is 5.97 Å². The molecule has 1 N–H and O–H groups in total. The van der Waals surface area contributed by atoms with Crippen LogP contribution in [0.25, 0.3) is 10.9 Å². The van der Waals surface area contributed by atoms with Gasteiger partial charge < -0.3 is 19.5 Å². The van der Waals surface area contributed by atoms with Crippen LogP contribution in [0.1, 0.15) is 27.6 Å². The molecule has 1 fully saturated rings. The molecule has 0 aliphatic carbocycles. The minimum Gasteiger partial charge on any atom is -0.426 e. The van der Waals surface area contributed by atoms with Crippen molar-refractivity contribution in [2.75, 3.05) is 26.2 Å². The maximum absolute atomic E-state index is 12.9. The lowest BCUT2D eigenvalue weighted by atomic mass is 10.1. The molecule has 8 nitrogen and oxygen atoms in total. The van der Waals surface area contributed by atoms with Gasteiger partial charge in [-0.1, -0.05) is 30.3 Å². The fraction of sp³-hybridized carbons (Fsp3) is 0.217. The van der Waals surface area contributed by atoms with Crippen LogP contribution < -0.4 is 4.74 Å². The standard InChI is InChI=1S/C23H21N3O5/c1-15(27)31-20-9-5-3-7-17(20)22(29)25-10-12-26(13-11-25)23(30)21(28)18-14-24-19-8-4-2-6-16(18)19/h2-9,14,24H,10-13H2,1H3. The van der Waals surface area contributed by atoms with Gasteiger partial charge in [0.2, 0.25) is 0 Å². The number of amides is 2. The predicted octanol–water partition coefficient (Wildman–Crippen LogP) is 2.26. The van der Waals surface area contributed by atoms with Gasteiger partial charge in [0.25, 0.3) is 17.6 Å². The number of ketones is 1. The van der Waals surface area contributed by atoms with E-state index in [0.29, 0.717) is 10.9 Å². The fourth-order valence-corrected chi connectivity index (χ4v) is 3.69. The largest absolute Gasteiger partial charge is 0.426 e. The summed E-state index contributed by atoms with van der Waals surface area (Å²) >= 11 is 0. The van der Waals surface area contributed by atoms with E-state index in [0.717, 1.165) is 5.52 Å². The average Bonchev–Trinajstić information content (AvgIpc) is 3.22. The van der Waals surface area contributed by atoms with Crippen LogP contribution in [0.15, 0.2) is 54.7 Å². The summed E-state index contributed by atoms with van der Waals surface area (Å²) in [5, 5.41) is 0.705. The zero-order chi connectivity index (χ0) is 22.0. The molecule has 0 bridgehead atoms. The Bertz CT molecular complexity index is 1170. The lowest BCUT2D eigenvalue weighted by molar-refractivity contribution is -0.132. The summed E-state index contributed by atoms with van der Waals surface area (Å²) in [4.78, 5) is 55.8. The monoisotopic (exact) mass is 419 g/mol. The third kappa shape index (κ3) is 4.05. The van der Waals surface area contributed by atoms with E-state index in [2.05, 4.69) is 4.98 Å². The number of piperazine rings is 1. The first-order valence-corrected chi connectivity index (χ1v) is 9.92. The number of esters is 1. The predicted molar refractivity (Wildman–Crippen MR) is 113 cm³/mol. The number of rotatable bonds is 4. The first-order chi connectivity index (χ1) is 15.0. The highest BCUT2D eigenvalue weighted by Crippen LogP contribution is 2.22. The normalized spacial score (nSPS) is 13.8. The van der Waals surface area contributed by atoms with Gasteiger partial charge in [0.05, 0.1) is 11.1 Å². The maximum atomic E-state index is 12.9. The molecule has 158 valence electrons. The molecule has 0 radical (unpaired) electrons. The Morgan fingerprint density at radius 2 is 1.48 bits per heavy atom. The van der Waals surface area contributed by atoms with Gasteiger partial charge in [-0.05, 0) is 18.2 Å². The van der Waals surface area contributed by atoms with E-state index in [1.165, 1.54) is 11.8 Å². The number of aromatic nitrogens is 1. The van der Waals surface area contributed by atoms with Crippen molar-refractivity contribution in [3.8, 4) is 5.75 Å². The molecule has 2 amide bonds. The van der Waals surface area contributed by atoms with Crippen LogP contribution >= 0.6 is 0 Å². The van der Waals surface area contributed by atoms with Gasteiger partial charge in [-0.25, -0.2) is 0 Å². The van der Waals surface area contributed by atoms with Gasteiger partial charge in [-0.2, -0.15) is 0 Å². The zero-order valence-electron chi connectivity index (χ0n) is 17.0. The second-order valence-corrected chi connectivity index (χ2v) is 7.25.